The van der Waals surface area contributed by atoms with E-state index in [2.05, 4.69) is 11.8 Å². The molecule has 0 saturated heterocycles. The van der Waals surface area contributed by atoms with Gasteiger partial charge in [0.15, 0.2) is 0 Å². The highest BCUT2D eigenvalue weighted by Gasteiger charge is 2.06. The fourth-order valence-corrected chi connectivity index (χ4v) is 1.65. The van der Waals surface area contributed by atoms with Crippen LogP contribution in [0.1, 0.15) is 18.1 Å². The summed E-state index contributed by atoms with van der Waals surface area (Å²) in [7, 11) is 0. The van der Waals surface area contributed by atoms with Crippen molar-refractivity contribution >= 4 is 5.91 Å². The summed E-state index contributed by atoms with van der Waals surface area (Å²) >= 11 is 0. The Bertz CT molecular complexity index is 460. The highest BCUT2D eigenvalue weighted by Crippen LogP contribution is 2.07. The van der Waals surface area contributed by atoms with Crippen molar-refractivity contribution in [2.45, 2.75) is 13.5 Å². The molecule has 0 aliphatic rings. The van der Waals surface area contributed by atoms with Gasteiger partial charge in [-0.3, -0.25) is 9.69 Å². The molecule has 1 rings (SSSR count). The van der Waals surface area contributed by atoms with Crippen LogP contribution in [0.25, 0.3) is 0 Å². The maximum Gasteiger partial charge on any atom is 0.231 e. The summed E-state index contributed by atoms with van der Waals surface area (Å²) in [4.78, 5) is 12.9. The van der Waals surface area contributed by atoms with E-state index in [1.54, 1.807) is 0 Å². The minimum atomic E-state index is -0.326. The first-order valence-corrected chi connectivity index (χ1v) is 5.85. The number of nitrogens with zero attached hydrogens (tertiary/aromatic N) is 1. The molecule has 0 aliphatic carbocycles. The maximum atomic E-state index is 10.9. The maximum absolute atomic E-state index is 10.9. The number of carbonyl (C=O) groups is 1. The molecule has 1 aromatic carbocycles. The minimum Gasteiger partial charge on any atom is -0.384 e. The molecule has 96 valence electrons. The van der Waals surface area contributed by atoms with E-state index in [1.165, 1.54) is 0 Å². The van der Waals surface area contributed by atoms with Gasteiger partial charge in [-0.2, -0.15) is 0 Å². The molecular weight excluding hydrogens is 228 g/mol. The van der Waals surface area contributed by atoms with Crippen molar-refractivity contribution in [2.24, 2.45) is 5.73 Å². The zero-order valence-corrected chi connectivity index (χ0v) is 10.5. The second-order valence-electron chi connectivity index (χ2n) is 3.93. The fourth-order valence-electron chi connectivity index (χ4n) is 1.65. The topological polar surface area (TPSA) is 66.6 Å². The molecule has 4 nitrogen and oxygen atoms in total. The number of amides is 1. The lowest BCUT2D eigenvalue weighted by molar-refractivity contribution is -0.119. The molecule has 1 amide bonds. The molecule has 0 atom stereocenters. The SMILES string of the molecule is CCN(CC(N)=O)Cc1cccc(C#CCO)c1. The normalized spacial score (nSPS) is 9.94. The molecule has 0 aromatic heterocycles. The van der Waals surface area contributed by atoms with Gasteiger partial charge in [0, 0.05) is 12.1 Å². The summed E-state index contributed by atoms with van der Waals surface area (Å²) in [5.74, 6) is 5.14. The Morgan fingerprint density at radius 3 is 2.89 bits per heavy atom. The summed E-state index contributed by atoms with van der Waals surface area (Å²) in [5.41, 5.74) is 7.12. The Labute approximate surface area is 107 Å². The molecule has 0 radical (unpaired) electrons. The lowest BCUT2D eigenvalue weighted by Crippen LogP contribution is -2.33. The molecule has 0 bridgehead atoms. The second kappa shape index (κ2) is 7.49. The smallest absolute Gasteiger partial charge is 0.231 e. The van der Waals surface area contributed by atoms with Crippen LogP contribution in [0.5, 0.6) is 0 Å². The van der Waals surface area contributed by atoms with Gasteiger partial charge in [0.1, 0.15) is 6.61 Å². The van der Waals surface area contributed by atoms with Gasteiger partial charge in [-0.15, -0.1) is 0 Å². The van der Waals surface area contributed by atoms with Crippen LogP contribution < -0.4 is 5.73 Å². The average molecular weight is 246 g/mol. The van der Waals surface area contributed by atoms with Crippen LogP contribution >= 0.6 is 0 Å². The van der Waals surface area contributed by atoms with Crippen molar-refractivity contribution in [3.05, 3.63) is 35.4 Å². The Balaban J connectivity index is 2.74. The summed E-state index contributed by atoms with van der Waals surface area (Å²) in [6.07, 6.45) is 0. The zero-order valence-electron chi connectivity index (χ0n) is 10.5. The number of aliphatic hydroxyl groups is 1. The number of benzene rings is 1. The van der Waals surface area contributed by atoms with Crippen molar-refractivity contribution in [2.75, 3.05) is 19.7 Å². The van der Waals surface area contributed by atoms with Crippen LogP contribution in [0.15, 0.2) is 24.3 Å². The Kier molecular flexibility index (Phi) is 5.92. The number of nitrogens with two attached hydrogens (primary N) is 1. The van der Waals surface area contributed by atoms with Gasteiger partial charge in [-0.1, -0.05) is 30.9 Å². The molecule has 0 heterocycles. The highest BCUT2D eigenvalue weighted by atomic mass is 16.2. The van der Waals surface area contributed by atoms with Crippen LogP contribution in [0.2, 0.25) is 0 Å². The van der Waals surface area contributed by atoms with Crippen LogP contribution in [0.3, 0.4) is 0 Å². The minimum absolute atomic E-state index is 0.146. The molecule has 18 heavy (non-hydrogen) atoms. The average Bonchev–Trinajstić information content (AvgIpc) is 2.35. The molecule has 0 saturated carbocycles. The molecule has 1 aromatic rings. The summed E-state index contributed by atoms with van der Waals surface area (Å²) < 4.78 is 0. The Morgan fingerprint density at radius 2 is 2.28 bits per heavy atom. The third-order valence-electron chi connectivity index (χ3n) is 2.47. The predicted octanol–water partition coefficient (Wildman–Crippen LogP) is 0.338. The first-order chi connectivity index (χ1) is 8.65. The van der Waals surface area contributed by atoms with Crippen molar-refractivity contribution in [1.82, 2.24) is 4.90 Å². The number of rotatable bonds is 5. The first-order valence-electron chi connectivity index (χ1n) is 5.85. The molecule has 3 N–H and O–H groups in total. The van der Waals surface area contributed by atoms with Gasteiger partial charge in [0.25, 0.3) is 0 Å². The van der Waals surface area contributed by atoms with Crippen LogP contribution in [0.4, 0.5) is 0 Å². The van der Waals surface area contributed by atoms with E-state index in [4.69, 9.17) is 10.8 Å². The van der Waals surface area contributed by atoms with Gasteiger partial charge in [-0.05, 0) is 24.2 Å². The largest absolute Gasteiger partial charge is 0.384 e. The van der Waals surface area contributed by atoms with E-state index in [9.17, 15) is 4.79 Å². The quantitative estimate of drug-likeness (QED) is 0.736. The van der Waals surface area contributed by atoms with Crippen molar-refractivity contribution < 1.29 is 9.90 Å². The standard InChI is InChI=1S/C14H18N2O2/c1-2-16(11-14(15)18)10-13-6-3-5-12(9-13)7-4-8-17/h3,5-6,9,17H,2,8,10-11H2,1H3,(H2,15,18). The van der Waals surface area contributed by atoms with Gasteiger partial charge >= 0.3 is 0 Å². The van der Waals surface area contributed by atoms with Crippen LogP contribution in [0, 0.1) is 11.8 Å². The first kappa shape index (κ1) is 14.2. The van der Waals surface area contributed by atoms with Crippen LogP contribution in [-0.4, -0.2) is 35.6 Å². The third kappa shape index (κ3) is 5.00. The molecule has 4 heteroatoms. The highest BCUT2D eigenvalue weighted by molar-refractivity contribution is 5.75. The lowest BCUT2D eigenvalue weighted by atomic mass is 10.1. The number of aliphatic hydroxyl groups excluding tert-OH is 1. The zero-order chi connectivity index (χ0) is 13.4. The van der Waals surface area contributed by atoms with Crippen molar-refractivity contribution in [3.8, 4) is 11.8 Å². The van der Waals surface area contributed by atoms with E-state index in [1.807, 2.05) is 36.1 Å². The fraction of sp³-hybridized carbons (Fsp3) is 0.357. The number of carbonyl (C=O) groups excluding carboxylic acids is 1. The summed E-state index contributed by atoms with van der Waals surface area (Å²) in [6, 6.07) is 7.73. The molecule has 0 fully saturated rings. The molecule has 0 spiro atoms. The predicted molar refractivity (Wildman–Crippen MR) is 70.6 cm³/mol. The Morgan fingerprint density at radius 1 is 1.50 bits per heavy atom. The summed E-state index contributed by atoms with van der Waals surface area (Å²) in [6.45, 7) is 3.51. The van der Waals surface area contributed by atoms with Gasteiger partial charge < -0.3 is 10.8 Å². The van der Waals surface area contributed by atoms with E-state index >= 15 is 0 Å². The van der Waals surface area contributed by atoms with Gasteiger partial charge in [0.05, 0.1) is 6.54 Å². The molecular formula is C14H18N2O2. The van der Waals surface area contributed by atoms with Crippen molar-refractivity contribution in [1.29, 1.82) is 0 Å². The number of primary amides is 1. The Hall–Kier alpha value is -1.83. The van der Waals surface area contributed by atoms with Gasteiger partial charge in [0.2, 0.25) is 5.91 Å². The van der Waals surface area contributed by atoms with E-state index in [0.717, 1.165) is 17.7 Å². The van der Waals surface area contributed by atoms with Gasteiger partial charge in [-0.25, -0.2) is 0 Å². The van der Waals surface area contributed by atoms with E-state index < -0.39 is 0 Å². The molecule has 0 aliphatic heterocycles. The van der Waals surface area contributed by atoms with E-state index in [-0.39, 0.29) is 19.1 Å². The summed E-state index contributed by atoms with van der Waals surface area (Å²) in [5, 5.41) is 8.65. The van der Waals surface area contributed by atoms with E-state index in [0.29, 0.717) is 6.54 Å². The number of hydrogen-bond acceptors (Lipinski definition) is 3. The van der Waals surface area contributed by atoms with Crippen LogP contribution in [-0.2, 0) is 11.3 Å². The number of likely N-dealkylation sites (N-methyl/N-ethyl adjacent to an activating group) is 1. The lowest BCUT2D eigenvalue weighted by Gasteiger charge is -2.18. The molecule has 0 unspecified atom stereocenters. The number of hydrogen-bond donors (Lipinski definition) is 2. The monoisotopic (exact) mass is 246 g/mol. The van der Waals surface area contributed by atoms with Crippen molar-refractivity contribution in [3.63, 3.8) is 0 Å². The third-order valence-corrected chi connectivity index (χ3v) is 2.47. The second-order valence-corrected chi connectivity index (χ2v) is 3.93.